The highest BCUT2D eigenvalue weighted by Crippen LogP contribution is 2.37. The molecule has 1 aromatic carbocycles. The fraction of sp³-hybridized carbons (Fsp3) is 0.0714. The molecule has 0 atom stereocenters. The smallest absolute Gasteiger partial charge is 0.263 e. The van der Waals surface area contributed by atoms with Crippen molar-refractivity contribution in [2.45, 2.75) is 4.90 Å². The first-order valence-corrected chi connectivity index (χ1v) is 8.85. The van der Waals surface area contributed by atoms with Gasteiger partial charge in [-0.25, -0.2) is 8.42 Å². The van der Waals surface area contributed by atoms with Crippen LogP contribution in [-0.4, -0.2) is 25.5 Å². The van der Waals surface area contributed by atoms with Gasteiger partial charge in [-0.2, -0.15) is 0 Å². The van der Waals surface area contributed by atoms with Crippen LogP contribution in [-0.2, 0) is 9.05 Å². The third kappa shape index (κ3) is 2.54. The molecule has 0 radical (unpaired) electrons. The average molecular weight is 357 g/mol. The van der Waals surface area contributed by atoms with Crippen LogP contribution in [0.25, 0.3) is 22.2 Å². The molecule has 0 saturated carbocycles. The van der Waals surface area contributed by atoms with Gasteiger partial charge in [0.2, 0.25) is 0 Å². The molecule has 0 bridgehead atoms. The van der Waals surface area contributed by atoms with Crippen molar-refractivity contribution >= 4 is 42.2 Å². The molecule has 2 aromatic heterocycles. The number of fused-ring (bicyclic) bond motifs is 1. The van der Waals surface area contributed by atoms with E-state index in [1.165, 1.54) is 6.20 Å². The van der Waals surface area contributed by atoms with Crippen LogP contribution in [0, 0.1) is 0 Å². The number of ether oxygens (including phenoxy) is 1. The number of methoxy groups -OCH3 is 1. The van der Waals surface area contributed by atoms with Gasteiger partial charge < -0.3 is 9.72 Å². The number of H-pyrrole nitrogens is 1. The second-order valence-corrected chi connectivity index (χ2v) is 7.46. The Morgan fingerprint density at radius 2 is 2.05 bits per heavy atom. The number of aromatic amines is 1. The molecule has 5 nitrogen and oxygen atoms in total. The predicted octanol–water partition coefficient (Wildman–Crippen LogP) is 3.82. The summed E-state index contributed by atoms with van der Waals surface area (Å²) < 4.78 is 28.4. The number of aromatic nitrogens is 2. The standard InChI is InChI=1S/C14H10Cl2N2O3S/c1-21-8-4-5-17-11(6-8)13-10(15)3-2-9-12(22(16,19)20)7-18-14(9)13/h2-7,18H,1H3. The van der Waals surface area contributed by atoms with Crippen LogP contribution in [0.3, 0.4) is 0 Å². The summed E-state index contributed by atoms with van der Waals surface area (Å²) in [6.07, 6.45) is 2.93. The number of benzene rings is 1. The Hall–Kier alpha value is -1.76. The lowest BCUT2D eigenvalue weighted by atomic mass is 10.1. The fourth-order valence-electron chi connectivity index (χ4n) is 2.27. The van der Waals surface area contributed by atoms with Gasteiger partial charge in [-0.3, -0.25) is 4.98 Å². The Kier molecular flexibility index (Phi) is 3.76. The van der Waals surface area contributed by atoms with Gasteiger partial charge in [-0.15, -0.1) is 0 Å². The zero-order valence-electron chi connectivity index (χ0n) is 11.3. The van der Waals surface area contributed by atoms with Crippen LogP contribution < -0.4 is 4.74 Å². The number of halogens is 2. The molecule has 1 N–H and O–H groups in total. The predicted molar refractivity (Wildman–Crippen MR) is 86.1 cm³/mol. The lowest BCUT2D eigenvalue weighted by Gasteiger charge is -2.07. The van der Waals surface area contributed by atoms with Gasteiger partial charge in [0.25, 0.3) is 9.05 Å². The quantitative estimate of drug-likeness (QED) is 0.724. The summed E-state index contributed by atoms with van der Waals surface area (Å²) >= 11 is 6.27. The Bertz CT molecular complexity index is 967. The summed E-state index contributed by atoms with van der Waals surface area (Å²) in [4.78, 5) is 7.19. The van der Waals surface area contributed by atoms with Crippen LogP contribution in [0.15, 0.2) is 41.6 Å². The SMILES string of the molecule is COc1ccnc(-c2c(Cl)ccc3c(S(=O)(=O)Cl)c[nH]c23)c1. The Morgan fingerprint density at radius 1 is 1.27 bits per heavy atom. The van der Waals surface area contributed by atoms with Gasteiger partial charge in [0.15, 0.2) is 0 Å². The monoisotopic (exact) mass is 356 g/mol. The molecular weight excluding hydrogens is 347 g/mol. The van der Waals surface area contributed by atoms with Gasteiger partial charge in [0.05, 0.1) is 23.3 Å². The van der Waals surface area contributed by atoms with Crippen LogP contribution in [0.5, 0.6) is 5.75 Å². The minimum atomic E-state index is -3.86. The largest absolute Gasteiger partial charge is 0.497 e. The van der Waals surface area contributed by atoms with E-state index >= 15 is 0 Å². The van der Waals surface area contributed by atoms with E-state index in [-0.39, 0.29) is 4.90 Å². The van der Waals surface area contributed by atoms with Gasteiger partial charge in [0.1, 0.15) is 10.6 Å². The van der Waals surface area contributed by atoms with Gasteiger partial charge in [-0.1, -0.05) is 11.6 Å². The average Bonchev–Trinajstić information content (AvgIpc) is 2.91. The summed E-state index contributed by atoms with van der Waals surface area (Å²) in [5.74, 6) is 0.620. The Labute approximate surface area is 136 Å². The van der Waals surface area contributed by atoms with Gasteiger partial charge >= 0.3 is 0 Å². The van der Waals surface area contributed by atoms with Crippen LogP contribution in [0.1, 0.15) is 0 Å². The van der Waals surface area contributed by atoms with Crippen LogP contribution in [0.4, 0.5) is 0 Å². The molecule has 114 valence electrons. The number of nitrogens with one attached hydrogen (secondary N) is 1. The second-order valence-electron chi connectivity index (χ2n) is 4.52. The molecule has 0 aliphatic rings. The van der Waals surface area contributed by atoms with E-state index in [0.29, 0.717) is 32.9 Å². The lowest BCUT2D eigenvalue weighted by molar-refractivity contribution is 0.414. The van der Waals surface area contributed by atoms with E-state index in [2.05, 4.69) is 9.97 Å². The molecule has 0 spiro atoms. The Balaban J connectivity index is 2.34. The number of rotatable bonds is 3. The number of hydrogen-bond donors (Lipinski definition) is 1. The van der Waals surface area contributed by atoms with E-state index in [0.717, 1.165) is 0 Å². The normalized spacial score (nSPS) is 11.8. The highest BCUT2D eigenvalue weighted by Gasteiger charge is 2.20. The summed E-state index contributed by atoms with van der Waals surface area (Å²) in [5, 5.41) is 0.896. The molecule has 0 unspecified atom stereocenters. The molecule has 8 heteroatoms. The van der Waals surface area contributed by atoms with Crippen molar-refractivity contribution in [3.63, 3.8) is 0 Å². The van der Waals surface area contributed by atoms with Crippen molar-refractivity contribution in [2.24, 2.45) is 0 Å². The second kappa shape index (κ2) is 5.46. The highest BCUT2D eigenvalue weighted by atomic mass is 35.7. The third-order valence-corrected chi connectivity index (χ3v) is 4.93. The first kappa shape index (κ1) is 15.1. The molecule has 3 aromatic rings. The molecule has 2 heterocycles. The minimum Gasteiger partial charge on any atom is -0.497 e. The van der Waals surface area contributed by atoms with Crippen LogP contribution in [0.2, 0.25) is 5.02 Å². The zero-order valence-corrected chi connectivity index (χ0v) is 13.6. The van der Waals surface area contributed by atoms with Crippen molar-refractivity contribution in [3.8, 4) is 17.0 Å². The molecule has 22 heavy (non-hydrogen) atoms. The number of pyridine rings is 1. The van der Waals surface area contributed by atoms with Crippen molar-refractivity contribution in [2.75, 3.05) is 7.11 Å². The van der Waals surface area contributed by atoms with E-state index in [4.69, 9.17) is 27.0 Å². The summed E-state index contributed by atoms with van der Waals surface area (Å²) in [6, 6.07) is 6.64. The van der Waals surface area contributed by atoms with Crippen molar-refractivity contribution in [3.05, 3.63) is 41.7 Å². The molecule has 0 aliphatic heterocycles. The first-order chi connectivity index (χ1) is 10.4. The van der Waals surface area contributed by atoms with E-state index in [1.807, 2.05) is 0 Å². The van der Waals surface area contributed by atoms with E-state index in [1.54, 1.807) is 37.6 Å². The molecule has 0 aliphatic carbocycles. The summed E-state index contributed by atoms with van der Waals surface area (Å²) in [6.45, 7) is 0. The van der Waals surface area contributed by atoms with E-state index < -0.39 is 9.05 Å². The minimum absolute atomic E-state index is 0.00461. The topological polar surface area (TPSA) is 72.0 Å². The lowest BCUT2D eigenvalue weighted by Crippen LogP contribution is -1.90. The highest BCUT2D eigenvalue weighted by molar-refractivity contribution is 8.14. The van der Waals surface area contributed by atoms with Crippen LogP contribution >= 0.6 is 22.3 Å². The van der Waals surface area contributed by atoms with Crippen molar-refractivity contribution < 1.29 is 13.2 Å². The molecule has 0 amide bonds. The maximum atomic E-state index is 11.6. The Morgan fingerprint density at radius 3 is 2.73 bits per heavy atom. The maximum Gasteiger partial charge on any atom is 0.263 e. The maximum absolute atomic E-state index is 11.6. The third-order valence-electron chi connectivity index (χ3n) is 3.25. The van der Waals surface area contributed by atoms with Gasteiger partial charge in [0, 0.05) is 40.1 Å². The summed E-state index contributed by atoms with van der Waals surface area (Å²) in [7, 11) is 3.14. The van der Waals surface area contributed by atoms with E-state index in [9.17, 15) is 8.42 Å². The number of nitrogens with zero attached hydrogens (tertiary/aromatic N) is 1. The molecule has 0 fully saturated rings. The van der Waals surface area contributed by atoms with Gasteiger partial charge in [-0.05, 0) is 18.2 Å². The van der Waals surface area contributed by atoms with Crippen molar-refractivity contribution in [1.29, 1.82) is 0 Å². The van der Waals surface area contributed by atoms with Crippen molar-refractivity contribution in [1.82, 2.24) is 9.97 Å². The summed E-state index contributed by atoms with van der Waals surface area (Å²) in [5.41, 5.74) is 1.70. The molecule has 0 saturated heterocycles. The molecular formula is C14H10Cl2N2O3S. The first-order valence-electron chi connectivity index (χ1n) is 6.16. The number of hydrogen-bond acceptors (Lipinski definition) is 4. The molecule has 3 rings (SSSR count). The fourth-order valence-corrected chi connectivity index (χ4v) is 3.54. The zero-order chi connectivity index (χ0) is 15.9.